The van der Waals surface area contributed by atoms with Crippen LogP contribution in [0.1, 0.15) is 21.6 Å². The van der Waals surface area contributed by atoms with Crippen LogP contribution in [0.25, 0.3) is 16.9 Å². The van der Waals surface area contributed by atoms with Gasteiger partial charge in [-0.2, -0.15) is 4.98 Å². The largest absolute Gasteiger partial charge is 0.478 e. The highest BCUT2D eigenvalue weighted by Gasteiger charge is 2.16. The molecule has 28 heavy (non-hydrogen) atoms. The van der Waals surface area contributed by atoms with Crippen LogP contribution in [0.15, 0.2) is 54.9 Å². The molecule has 0 fully saturated rings. The van der Waals surface area contributed by atoms with E-state index in [4.69, 9.17) is 0 Å². The van der Waals surface area contributed by atoms with E-state index in [9.17, 15) is 14.3 Å². The fourth-order valence-corrected chi connectivity index (χ4v) is 3.12. The molecule has 2 heterocycles. The molecule has 2 aromatic carbocycles. The van der Waals surface area contributed by atoms with E-state index in [1.807, 2.05) is 13.0 Å². The summed E-state index contributed by atoms with van der Waals surface area (Å²) in [5.74, 6) is -0.591. The van der Waals surface area contributed by atoms with Crippen LogP contribution >= 0.6 is 0 Å². The lowest BCUT2D eigenvalue weighted by molar-refractivity contribution is 0.0699. The van der Waals surface area contributed by atoms with Gasteiger partial charge < -0.3 is 10.4 Å². The zero-order valence-electron chi connectivity index (χ0n) is 14.9. The number of anilines is 1. The van der Waals surface area contributed by atoms with Gasteiger partial charge in [-0.25, -0.2) is 19.2 Å². The fourth-order valence-electron chi connectivity index (χ4n) is 3.12. The smallest absolute Gasteiger partial charge is 0.336 e. The zero-order valence-corrected chi connectivity index (χ0v) is 14.9. The number of carboxylic acid groups (broad SMARTS) is 1. The maximum absolute atomic E-state index is 13.3. The third-order valence-electron chi connectivity index (χ3n) is 4.36. The Balaban J connectivity index is 1.69. The van der Waals surface area contributed by atoms with E-state index < -0.39 is 5.97 Å². The number of halogens is 1. The number of benzene rings is 2. The summed E-state index contributed by atoms with van der Waals surface area (Å²) in [7, 11) is 0. The summed E-state index contributed by atoms with van der Waals surface area (Å²) in [5, 5.41) is 13.1. The average molecular weight is 377 g/mol. The van der Waals surface area contributed by atoms with E-state index in [1.54, 1.807) is 34.9 Å². The fraction of sp³-hybridized carbons (Fsp3) is 0.100. The van der Waals surface area contributed by atoms with Crippen LogP contribution in [0.5, 0.6) is 0 Å². The van der Waals surface area contributed by atoms with E-state index in [2.05, 4.69) is 20.3 Å². The second-order valence-corrected chi connectivity index (χ2v) is 6.26. The van der Waals surface area contributed by atoms with Gasteiger partial charge >= 0.3 is 5.97 Å². The minimum absolute atomic E-state index is 0.220. The van der Waals surface area contributed by atoms with Crippen molar-refractivity contribution in [3.05, 3.63) is 77.5 Å². The molecule has 0 aliphatic heterocycles. The molecular weight excluding hydrogens is 361 g/mol. The molecule has 0 amide bonds. The molecule has 0 aliphatic carbocycles. The Morgan fingerprint density at radius 2 is 2.00 bits per heavy atom. The molecule has 0 bridgehead atoms. The Labute approximate surface area is 159 Å². The van der Waals surface area contributed by atoms with Gasteiger partial charge in [0, 0.05) is 17.6 Å². The van der Waals surface area contributed by atoms with E-state index >= 15 is 0 Å². The zero-order chi connectivity index (χ0) is 19.7. The molecule has 0 unspecified atom stereocenters. The highest BCUT2D eigenvalue weighted by Crippen LogP contribution is 2.25. The van der Waals surface area contributed by atoms with E-state index in [0.29, 0.717) is 29.3 Å². The van der Waals surface area contributed by atoms with Gasteiger partial charge in [0.15, 0.2) is 0 Å². The molecule has 2 aromatic heterocycles. The highest BCUT2D eigenvalue weighted by atomic mass is 19.1. The van der Waals surface area contributed by atoms with Gasteiger partial charge in [0.1, 0.15) is 12.1 Å². The Morgan fingerprint density at radius 3 is 2.79 bits per heavy atom. The van der Waals surface area contributed by atoms with Crippen LogP contribution in [0.4, 0.5) is 10.3 Å². The monoisotopic (exact) mass is 377 g/mol. The number of carboxylic acids is 1. The summed E-state index contributed by atoms with van der Waals surface area (Å²) < 4.78 is 15.1. The van der Waals surface area contributed by atoms with Crippen molar-refractivity contribution >= 4 is 22.8 Å². The number of aromatic nitrogens is 4. The topological polar surface area (TPSA) is 92.9 Å². The van der Waals surface area contributed by atoms with Gasteiger partial charge in [0.2, 0.25) is 11.9 Å². The summed E-state index contributed by atoms with van der Waals surface area (Å²) in [5.41, 5.74) is 2.47. The molecule has 0 radical (unpaired) electrons. The summed E-state index contributed by atoms with van der Waals surface area (Å²) in [4.78, 5) is 24.2. The molecule has 7 nitrogen and oxygen atoms in total. The van der Waals surface area contributed by atoms with Gasteiger partial charge in [-0.05, 0) is 42.8 Å². The summed E-state index contributed by atoms with van der Waals surface area (Å²) in [6, 6.07) is 13.1. The predicted molar refractivity (Wildman–Crippen MR) is 102 cm³/mol. The first kappa shape index (κ1) is 17.6. The maximum atomic E-state index is 13.3. The van der Waals surface area contributed by atoms with Crippen molar-refractivity contribution in [2.45, 2.75) is 13.5 Å². The molecule has 8 heteroatoms. The van der Waals surface area contributed by atoms with Crippen LogP contribution < -0.4 is 5.32 Å². The Morgan fingerprint density at radius 1 is 1.18 bits per heavy atom. The third-order valence-corrected chi connectivity index (χ3v) is 4.36. The molecule has 0 aliphatic rings. The van der Waals surface area contributed by atoms with Crippen molar-refractivity contribution < 1.29 is 14.3 Å². The lowest BCUT2D eigenvalue weighted by Gasteiger charge is -2.09. The lowest BCUT2D eigenvalue weighted by Crippen LogP contribution is -2.09. The molecule has 4 aromatic rings. The van der Waals surface area contributed by atoms with Crippen molar-refractivity contribution in [2.75, 3.05) is 5.32 Å². The number of aryl methyl sites for hydroxylation is 1. The molecule has 2 N–H and O–H groups in total. The number of nitrogens with zero attached hydrogens (tertiary/aromatic N) is 4. The molecule has 0 spiro atoms. The number of carbonyl (C=O) groups is 1. The summed E-state index contributed by atoms with van der Waals surface area (Å²) in [6.45, 7) is 2.21. The minimum Gasteiger partial charge on any atom is -0.478 e. The summed E-state index contributed by atoms with van der Waals surface area (Å²) >= 11 is 0. The molecule has 0 saturated carbocycles. The number of hydrogen-bond acceptors (Lipinski definition) is 5. The van der Waals surface area contributed by atoms with Crippen LogP contribution in [-0.4, -0.2) is 30.6 Å². The van der Waals surface area contributed by atoms with E-state index in [-0.39, 0.29) is 11.4 Å². The normalized spacial score (nSPS) is 10.9. The first-order valence-corrected chi connectivity index (χ1v) is 8.55. The Kier molecular flexibility index (Phi) is 4.44. The summed E-state index contributed by atoms with van der Waals surface area (Å²) in [6.07, 6.45) is 1.38. The molecule has 0 atom stereocenters. The number of hydrogen-bond donors (Lipinski definition) is 2. The standard InChI is InChI=1S/C20H16FN5O2/c1-12-8-16-15(18(27)28)6-3-7-17(16)26(12)20-24-11-23-19(25-20)22-10-13-4-2-5-14(21)9-13/h2-9,11H,10H2,1H3,(H,27,28)(H,22,23,24,25). The first-order chi connectivity index (χ1) is 13.5. The van der Waals surface area contributed by atoms with Crippen LogP contribution in [-0.2, 0) is 6.54 Å². The van der Waals surface area contributed by atoms with Gasteiger partial charge in [0.05, 0.1) is 11.1 Å². The first-order valence-electron chi connectivity index (χ1n) is 8.55. The third kappa shape index (κ3) is 3.27. The Hall–Kier alpha value is -3.81. The second kappa shape index (κ2) is 7.07. The van der Waals surface area contributed by atoms with Crippen molar-refractivity contribution in [2.24, 2.45) is 0 Å². The number of rotatable bonds is 5. The molecule has 0 saturated heterocycles. The van der Waals surface area contributed by atoms with Gasteiger partial charge in [0.25, 0.3) is 0 Å². The maximum Gasteiger partial charge on any atom is 0.336 e. The second-order valence-electron chi connectivity index (χ2n) is 6.26. The quantitative estimate of drug-likeness (QED) is 0.552. The van der Waals surface area contributed by atoms with Crippen LogP contribution in [0.2, 0.25) is 0 Å². The minimum atomic E-state index is -0.990. The average Bonchev–Trinajstić information content (AvgIpc) is 3.02. The van der Waals surface area contributed by atoms with Crippen molar-refractivity contribution in [1.29, 1.82) is 0 Å². The van der Waals surface area contributed by atoms with Crippen LogP contribution in [0, 0.1) is 12.7 Å². The number of aromatic carboxylic acids is 1. The lowest BCUT2D eigenvalue weighted by atomic mass is 10.1. The van der Waals surface area contributed by atoms with Crippen molar-refractivity contribution in [3.63, 3.8) is 0 Å². The molecule has 4 rings (SSSR count). The number of nitrogens with one attached hydrogen (secondary N) is 1. The van der Waals surface area contributed by atoms with Crippen molar-refractivity contribution in [3.8, 4) is 5.95 Å². The highest BCUT2D eigenvalue weighted by molar-refractivity contribution is 6.03. The van der Waals surface area contributed by atoms with E-state index in [1.165, 1.54) is 18.5 Å². The molecular formula is C20H16FN5O2. The van der Waals surface area contributed by atoms with Gasteiger partial charge in [-0.15, -0.1) is 0 Å². The predicted octanol–water partition coefficient (Wildman–Crippen LogP) is 3.57. The van der Waals surface area contributed by atoms with E-state index in [0.717, 1.165) is 11.3 Å². The van der Waals surface area contributed by atoms with Gasteiger partial charge in [-0.3, -0.25) is 4.57 Å². The number of fused-ring (bicyclic) bond motifs is 1. The van der Waals surface area contributed by atoms with Gasteiger partial charge in [-0.1, -0.05) is 18.2 Å². The van der Waals surface area contributed by atoms with Crippen molar-refractivity contribution in [1.82, 2.24) is 19.5 Å². The van der Waals surface area contributed by atoms with Crippen LogP contribution in [0.3, 0.4) is 0 Å². The Bertz CT molecular complexity index is 1190. The SMILES string of the molecule is Cc1cc2c(C(=O)O)cccc2n1-c1ncnc(NCc2cccc(F)c2)n1. The molecule has 140 valence electrons.